The van der Waals surface area contributed by atoms with Gasteiger partial charge in [-0.1, -0.05) is 168 Å². The summed E-state index contributed by atoms with van der Waals surface area (Å²) in [6.07, 6.45) is 34.2. The van der Waals surface area contributed by atoms with Crippen molar-refractivity contribution in [2.45, 2.75) is 233 Å². The van der Waals surface area contributed by atoms with Gasteiger partial charge in [0.25, 0.3) is 0 Å². The molecule has 1 aliphatic rings. The van der Waals surface area contributed by atoms with Gasteiger partial charge in [-0.2, -0.15) is 0 Å². The van der Waals surface area contributed by atoms with Gasteiger partial charge in [0.15, 0.2) is 5.79 Å². The molecule has 0 aromatic carbocycles. The predicted molar refractivity (Wildman–Crippen MR) is 242 cm³/mol. The summed E-state index contributed by atoms with van der Waals surface area (Å²) < 4.78 is 24.4. The van der Waals surface area contributed by atoms with E-state index in [9.17, 15) is 9.59 Å². The van der Waals surface area contributed by atoms with E-state index < -0.39 is 5.79 Å². The maximum absolute atomic E-state index is 12.4. The van der Waals surface area contributed by atoms with Crippen molar-refractivity contribution in [2.75, 3.05) is 39.5 Å². The molecule has 0 aliphatic carbocycles. The van der Waals surface area contributed by atoms with Crippen molar-refractivity contribution in [3.63, 3.8) is 0 Å². The minimum absolute atomic E-state index is 0.0185. The minimum atomic E-state index is -0.402. The summed E-state index contributed by atoms with van der Waals surface area (Å²) in [6, 6.07) is 0. The van der Waals surface area contributed by atoms with E-state index in [4.69, 9.17) is 18.9 Å². The molecule has 0 radical (unpaired) electrons. The molecule has 4 unspecified atom stereocenters. The second kappa shape index (κ2) is 37.9. The monoisotopic (exact) mass is 814 g/mol. The van der Waals surface area contributed by atoms with Crippen LogP contribution in [-0.2, 0) is 28.5 Å². The summed E-state index contributed by atoms with van der Waals surface area (Å²) in [5.74, 6) is 0.0441. The van der Waals surface area contributed by atoms with Gasteiger partial charge in [-0.25, -0.2) is 0 Å². The lowest BCUT2D eigenvalue weighted by Gasteiger charge is -2.29. The lowest BCUT2D eigenvalue weighted by Crippen LogP contribution is -2.32. The van der Waals surface area contributed by atoms with Crippen LogP contribution in [0.15, 0.2) is 29.8 Å². The summed E-state index contributed by atoms with van der Waals surface area (Å²) in [5.41, 5.74) is 8.29. The Morgan fingerprint density at radius 3 is 1.72 bits per heavy atom. The van der Waals surface area contributed by atoms with E-state index in [1.54, 1.807) is 0 Å². The number of nitrogens with zero attached hydrogens (tertiary/aromatic N) is 1. The summed E-state index contributed by atoms with van der Waals surface area (Å²) in [7, 11) is 0. The minimum Gasteiger partial charge on any atom is -0.466 e. The molecule has 7 nitrogen and oxygen atoms in total. The molecule has 0 aromatic heterocycles. The molecule has 1 saturated heterocycles. The van der Waals surface area contributed by atoms with Gasteiger partial charge >= 0.3 is 11.9 Å². The Balaban J connectivity index is 2.27. The van der Waals surface area contributed by atoms with Crippen LogP contribution in [0.2, 0.25) is 0 Å². The molecule has 0 amide bonds. The maximum Gasteiger partial charge on any atom is 0.306 e. The number of esters is 2. The molecule has 336 valence electrons. The third-order valence-corrected chi connectivity index (χ3v) is 11.9. The zero-order chi connectivity index (χ0) is 42.4. The maximum atomic E-state index is 12.4. The Kier molecular flexibility index (Phi) is 35.2. The molecule has 1 fully saturated rings. The fourth-order valence-electron chi connectivity index (χ4n) is 8.07. The number of ether oxygens (including phenoxy) is 4. The largest absolute Gasteiger partial charge is 0.466 e. The molecule has 58 heavy (non-hydrogen) atoms. The number of hydrogen-bond donors (Lipinski definition) is 0. The quantitative estimate of drug-likeness (QED) is 0.0346. The first kappa shape index (κ1) is 53.9. The van der Waals surface area contributed by atoms with Gasteiger partial charge in [0, 0.05) is 25.8 Å². The van der Waals surface area contributed by atoms with Crippen molar-refractivity contribution in [3.8, 4) is 0 Å². The molecule has 0 N–H and O–H groups in total. The van der Waals surface area contributed by atoms with Crippen LogP contribution in [0.4, 0.5) is 0 Å². The predicted octanol–water partition coefficient (Wildman–Crippen LogP) is 13.8. The Morgan fingerprint density at radius 2 is 1.21 bits per heavy atom. The molecular formula is C51H91NO6. The van der Waals surface area contributed by atoms with Gasteiger partial charge in [-0.3, -0.25) is 9.59 Å². The smallest absolute Gasteiger partial charge is 0.306 e. The van der Waals surface area contributed by atoms with E-state index >= 15 is 0 Å². The highest BCUT2D eigenvalue weighted by Crippen LogP contribution is 2.36. The Labute approximate surface area is 358 Å². The second-order valence-corrected chi connectivity index (χ2v) is 17.3. The summed E-state index contributed by atoms with van der Waals surface area (Å²) in [4.78, 5) is 27.0. The van der Waals surface area contributed by atoms with Crippen molar-refractivity contribution in [1.29, 1.82) is 0 Å². The molecule has 1 rings (SSSR count). The van der Waals surface area contributed by atoms with Gasteiger partial charge in [-0.05, 0) is 81.8 Å². The number of carbonyl (C=O) groups excluding carboxylic acids is 2. The summed E-state index contributed by atoms with van der Waals surface area (Å²) in [5, 5.41) is 0. The zero-order valence-electron chi connectivity index (χ0n) is 38.7. The lowest BCUT2D eigenvalue weighted by molar-refractivity contribution is -0.180. The number of unbranched alkanes of at least 4 members (excludes halogenated alkanes) is 18. The van der Waals surface area contributed by atoms with Crippen LogP contribution in [0.3, 0.4) is 0 Å². The number of hydrogen-bond acceptors (Lipinski definition) is 7. The second-order valence-electron chi connectivity index (χ2n) is 17.3. The molecule has 0 saturated carbocycles. The Hall–Kier alpha value is -2.10. The van der Waals surface area contributed by atoms with Crippen molar-refractivity contribution < 1.29 is 28.5 Å². The molecule has 4 atom stereocenters. The average Bonchev–Trinajstić information content (AvgIpc) is 3.62. The third kappa shape index (κ3) is 30.0. The van der Waals surface area contributed by atoms with Gasteiger partial charge in [-0.15, -0.1) is 0 Å². The van der Waals surface area contributed by atoms with Crippen LogP contribution >= 0.6 is 0 Å². The molecule has 0 spiro atoms. The Bertz CT molecular complexity index is 1120. The molecule has 7 heteroatoms. The van der Waals surface area contributed by atoms with Gasteiger partial charge in [0.05, 0.1) is 32.3 Å². The first-order valence-electron chi connectivity index (χ1n) is 24.5. The topological polar surface area (TPSA) is 74.3 Å². The van der Waals surface area contributed by atoms with E-state index in [1.807, 2.05) is 6.08 Å². The van der Waals surface area contributed by atoms with Crippen LogP contribution in [0.5, 0.6) is 0 Å². The summed E-state index contributed by atoms with van der Waals surface area (Å²) >= 11 is 0. The van der Waals surface area contributed by atoms with E-state index in [-0.39, 0.29) is 24.0 Å². The highest BCUT2D eigenvalue weighted by Gasteiger charge is 2.40. The first-order chi connectivity index (χ1) is 28.3. The van der Waals surface area contributed by atoms with E-state index in [0.29, 0.717) is 32.0 Å². The van der Waals surface area contributed by atoms with E-state index in [0.717, 1.165) is 110 Å². The standard InChI is InChI=1S/C51H91NO6/c1-7-12-27-34-46(6)43-49(53)55-41-32-25-21-17-15-19-23-30-38-51(57-45-48(58-51)37-40-52(10-4)11-5)39-31-24-20-16-18-22-26-33-42-56-50(54)44-47(35-28-13-8-2)36-29-14-9-3/h35,46-48H,2,7,9-12,14-27,29-34,36-45H2,1,3-6H3. The summed E-state index contributed by atoms with van der Waals surface area (Å²) in [6.45, 7) is 19.6. The van der Waals surface area contributed by atoms with Crippen molar-refractivity contribution in [3.05, 3.63) is 29.8 Å². The van der Waals surface area contributed by atoms with Crippen LogP contribution in [0, 0.1) is 11.8 Å². The van der Waals surface area contributed by atoms with Gasteiger partial charge in [0.1, 0.15) is 0 Å². The van der Waals surface area contributed by atoms with E-state index in [2.05, 4.69) is 63.3 Å². The zero-order valence-corrected chi connectivity index (χ0v) is 38.7. The van der Waals surface area contributed by atoms with E-state index in [1.165, 1.54) is 89.9 Å². The molecular weight excluding hydrogens is 723 g/mol. The third-order valence-electron chi connectivity index (χ3n) is 11.9. The molecule has 1 aliphatic heterocycles. The Morgan fingerprint density at radius 1 is 0.707 bits per heavy atom. The van der Waals surface area contributed by atoms with Crippen LogP contribution in [-0.4, -0.2) is 68.2 Å². The van der Waals surface area contributed by atoms with Gasteiger partial charge < -0.3 is 23.8 Å². The SMILES string of the molecule is C=C=C=C=CC(CCCCC)CC(=O)OCCCCCCCCCCC1(CCCCCCCCCCOC(=O)CC(C)CCCCC)OCC(CCN(CC)CC)O1. The average molecular weight is 814 g/mol. The highest BCUT2D eigenvalue weighted by atomic mass is 16.7. The normalized spacial score (nSPS) is 17.4. The number of carbonyl (C=O) groups is 2. The van der Waals surface area contributed by atoms with Crippen LogP contribution < -0.4 is 0 Å². The fraction of sp³-hybridized carbons (Fsp3) is 0.863. The van der Waals surface area contributed by atoms with Crippen LogP contribution in [0.25, 0.3) is 0 Å². The van der Waals surface area contributed by atoms with Crippen LogP contribution in [0.1, 0.15) is 221 Å². The first-order valence-corrected chi connectivity index (χ1v) is 24.5. The van der Waals surface area contributed by atoms with Crippen molar-refractivity contribution >= 4 is 11.9 Å². The molecule has 0 bridgehead atoms. The van der Waals surface area contributed by atoms with Gasteiger partial charge in [0.2, 0.25) is 0 Å². The van der Waals surface area contributed by atoms with Crippen molar-refractivity contribution in [1.82, 2.24) is 4.90 Å². The molecule has 1 heterocycles. The highest BCUT2D eigenvalue weighted by molar-refractivity contribution is 5.70. The number of rotatable bonds is 40. The molecule has 0 aromatic rings. The number of allylic oxidation sites excluding steroid dienone is 1. The van der Waals surface area contributed by atoms with Crippen molar-refractivity contribution in [2.24, 2.45) is 11.8 Å². The fourth-order valence-corrected chi connectivity index (χ4v) is 8.07. The lowest BCUT2D eigenvalue weighted by atomic mass is 9.98.